The van der Waals surface area contributed by atoms with E-state index in [4.69, 9.17) is 23.2 Å². The molecule has 0 aromatic heterocycles. The highest BCUT2D eigenvalue weighted by atomic mass is 35.5. The summed E-state index contributed by atoms with van der Waals surface area (Å²) in [6.07, 6.45) is 1.27. The Morgan fingerprint density at radius 2 is 1.83 bits per heavy atom. The van der Waals surface area contributed by atoms with E-state index >= 15 is 0 Å². The molecule has 18 heavy (non-hydrogen) atoms. The van der Waals surface area contributed by atoms with E-state index in [0.717, 1.165) is 12.0 Å². The van der Waals surface area contributed by atoms with Crippen molar-refractivity contribution in [2.75, 3.05) is 13.1 Å². The number of hydrogen-bond acceptors (Lipinski definition) is 2. The van der Waals surface area contributed by atoms with Crippen molar-refractivity contribution >= 4 is 33.4 Å². The van der Waals surface area contributed by atoms with Crippen molar-refractivity contribution in [1.82, 2.24) is 9.44 Å². The van der Waals surface area contributed by atoms with Gasteiger partial charge in [0.2, 0.25) is 0 Å². The van der Waals surface area contributed by atoms with Gasteiger partial charge in [-0.3, -0.25) is 0 Å². The summed E-state index contributed by atoms with van der Waals surface area (Å²) >= 11 is 11.8. The third-order valence-electron chi connectivity index (χ3n) is 2.24. The Hall–Kier alpha value is -0.330. The normalized spacial score (nSPS) is 11.7. The molecule has 0 aliphatic rings. The van der Waals surface area contributed by atoms with Gasteiger partial charge in [-0.2, -0.15) is 8.42 Å². The summed E-state index contributed by atoms with van der Waals surface area (Å²) in [4.78, 5) is 0. The lowest BCUT2D eigenvalue weighted by molar-refractivity contribution is 0.566. The average molecular weight is 311 g/mol. The van der Waals surface area contributed by atoms with Gasteiger partial charge in [-0.25, -0.2) is 9.44 Å². The summed E-state index contributed by atoms with van der Waals surface area (Å²) in [5.74, 6) is 0. The highest BCUT2D eigenvalue weighted by Gasteiger charge is 2.08. The van der Waals surface area contributed by atoms with Gasteiger partial charge in [-0.1, -0.05) is 36.2 Å². The SMILES string of the molecule is CCCNS(=O)(=O)NCCc1ccc(Cl)cc1Cl. The molecule has 0 spiro atoms. The summed E-state index contributed by atoms with van der Waals surface area (Å²) in [6, 6.07) is 5.16. The first-order valence-electron chi connectivity index (χ1n) is 5.63. The van der Waals surface area contributed by atoms with Crippen molar-refractivity contribution in [2.24, 2.45) is 0 Å². The molecule has 1 aromatic carbocycles. The Morgan fingerprint density at radius 1 is 1.17 bits per heavy atom. The maximum absolute atomic E-state index is 11.4. The molecular formula is C11H16Cl2N2O2S. The van der Waals surface area contributed by atoms with Crippen molar-refractivity contribution in [3.8, 4) is 0 Å². The molecule has 0 aliphatic heterocycles. The second-order valence-corrected chi connectivity index (χ2v) is 6.21. The van der Waals surface area contributed by atoms with Crippen LogP contribution in [0.15, 0.2) is 18.2 Å². The minimum Gasteiger partial charge on any atom is -0.202 e. The summed E-state index contributed by atoms with van der Waals surface area (Å²) in [7, 11) is -3.40. The molecular weight excluding hydrogens is 295 g/mol. The molecule has 4 nitrogen and oxygen atoms in total. The summed E-state index contributed by atoms with van der Waals surface area (Å²) < 4.78 is 27.8. The van der Waals surface area contributed by atoms with Gasteiger partial charge in [-0.05, 0) is 30.5 Å². The highest BCUT2D eigenvalue weighted by molar-refractivity contribution is 7.87. The topological polar surface area (TPSA) is 58.2 Å². The van der Waals surface area contributed by atoms with Crippen LogP contribution in [0.4, 0.5) is 0 Å². The van der Waals surface area contributed by atoms with Crippen LogP contribution in [0.5, 0.6) is 0 Å². The van der Waals surface area contributed by atoms with Crippen molar-refractivity contribution in [3.63, 3.8) is 0 Å². The molecule has 0 heterocycles. The van der Waals surface area contributed by atoms with Crippen LogP contribution in [0.25, 0.3) is 0 Å². The average Bonchev–Trinajstić information content (AvgIpc) is 2.29. The lowest BCUT2D eigenvalue weighted by Gasteiger charge is -2.08. The van der Waals surface area contributed by atoms with Crippen LogP contribution < -0.4 is 9.44 Å². The third-order valence-corrected chi connectivity index (χ3v) is 4.00. The van der Waals surface area contributed by atoms with Crippen LogP contribution >= 0.6 is 23.2 Å². The Morgan fingerprint density at radius 3 is 2.44 bits per heavy atom. The van der Waals surface area contributed by atoms with Gasteiger partial charge in [0.15, 0.2) is 0 Å². The van der Waals surface area contributed by atoms with Crippen LogP contribution in [-0.4, -0.2) is 21.5 Å². The van der Waals surface area contributed by atoms with Gasteiger partial charge in [0.25, 0.3) is 10.2 Å². The molecule has 1 aromatic rings. The molecule has 0 unspecified atom stereocenters. The number of hydrogen-bond donors (Lipinski definition) is 2. The van der Waals surface area contributed by atoms with Crippen molar-refractivity contribution in [1.29, 1.82) is 0 Å². The standard InChI is InChI=1S/C11H16Cl2N2O2S/c1-2-6-14-18(16,17)15-7-5-9-3-4-10(12)8-11(9)13/h3-4,8,14-15H,2,5-7H2,1H3. The van der Waals surface area contributed by atoms with Gasteiger partial charge >= 0.3 is 0 Å². The maximum atomic E-state index is 11.4. The fraction of sp³-hybridized carbons (Fsp3) is 0.455. The zero-order valence-electron chi connectivity index (χ0n) is 10.0. The number of rotatable bonds is 7. The first-order valence-corrected chi connectivity index (χ1v) is 7.86. The van der Waals surface area contributed by atoms with Gasteiger partial charge in [-0.15, -0.1) is 0 Å². The quantitative estimate of drug-likeness (QED) is 0.812. The largest absolute Gasteiger partial charge is 0.276 e. The lowest BCUT2D eigenvalue weighted by atomic mass is 10.1. The van der Waals surface area contributed by atoms with E-state index in [1.54, 1.807) is 18.2 Å². The third kappa shape index (κ3) is 5.54. The van der Waals surface area contributed by atoms with E-state index < -0.39 is 10.2 Å². The highest BCUT2D eigenvalue weighted by Crippen LogP contribution is 2.20. The van der Waals surface area contributed by atoms with Crippen LogP contribution in [0.2, 0.25) is 10.0 Å². The summed E-state index contributed by atoms with van der Waals surface area (Å²) in [5, 5.41) is 1.11. The second kappa shape index (κ2) is 7.31. The molecule has 0 saturated carbocycles. The van der Waals surface area contributed by atoms with Crippen molar-refractivity contribution in [2.45, 2.75) is 19.8 Å². The Balaban J connectivity index is 2.46. The molecule has 0 atom stereocenters. The Labute approximate surface area is 118 Å². The summed E-state index contributed by atoms with van der Waals surface area (Å²) in [6.45, 7) is 2.62. The monoisotopic (exact) mass is 310 g/mol. The van der Waals surface area contributed by atoms with Crippen molar-refractivity contribution < 1.29 is 8.42 Å². The van der Waals surface area contributed by atoms with E-state index in [0.29, 0.717) is 29.6 Å². The zero-order chi connectivity index (χ0) is 13.6. The molecule has 1 rings (SSSR count). The molecule has 102 valence electrons. The Kier molecular flexibility index (Phi) is 6.38. The van der Waals surface area contributed by atoms with Crippen LogP contribution in [0, 0.1) is 0 Å². The predicted octanol–water partition coefficient (Wildman–Crippen LogP) is 2.37. The second-order valence-electron chi connectivity index (χ2n) is 3.78. The van der Waals surface area contributed by atoms with E-state index in [-0.39, 0.29) is 0 Å². The molecule has 2 N–H and O–H groups in total. The molecule has 0 bridgehead atoms. The first kappa shape index (κ1) is 15.7. The van der Waals surface area contributed by atoms with Crippen molar-refractivity contribution in [3.05, 3.63) is 33.8 Å². The zero-order valence-corrected chi connectivity index (χ0v) is 12.4. The lowest BCUT2D eigenvalue weighted by Crippen LogP contribution is -2.37. The molecule has 0 saturated heterocycles. The smallest absolute Gasteiger partial charge is 0.202 e. The van der Waals surface area contributed by atoms with E-state index in [2.05, 4.69) is 9.44 Å². The van der Waals surface area contributed by atoms with Crippen LogP contribution in [-0.2, 0) is 16.6 Å². The fourth-order valence-corrected chi connectivity index (χ4v) is 2.78. The molecule has 0 radical (unpaired) electrons. The first-order chi connectivity index (χ1) is 8.44. The van der Waals surface area contributed by atoms with Gasteiger partial charge < -0.3 is 0 Å². The number of nitrogens with one attached hydrogen (secondary N) is 2. The minimum absolute atomic E-state index is 0.292. The summed E-state index contributed by atoms with van der Waals surface area (Å²) in [5.41, 5.74) is 0.860. The fourth-order valence-electron chi connectivity index (χ4n) is 1.33. The molecule has 0 fully saturated rings. The molecule has 0 amide bonds. The molecule has 7 heteroatoms. The van der Waals surface area contributed by atoms with Crippen LogP contribution in [0.1, 0.15) is 18.9 Å². The van der Waals surface area contributed by atoms with E-state index in [1.807, 2.05) is 6.92 Å². The number of benzene rings is 1. The van der Waals surface area contributed by atoms with Crippen LogP contribution in [0.3, 0.4) is 0 Å². The van der Waals surface area contributed by atoms with Gasteiger partial charge in [0.05, 0.1) is 0 Å². The van der Waals surface area contributed by atoms with E-state index in [9.17, 15) is 8.42 Å². The molecule has 0 aliphatic carbocycles. The van der Waals surface area contributed by atoms with Gasteiger partial charge in [0.1, 0.15) is 0 Å². The minimum atomic E-state index is -3.40. The van der Waals surface area contributed by atoms with E-state index in [1.165, 1.54) is 0 Å². The van der Waals surface area contributed by atoms with Gasteiger partial charge in [0, 0.05) is 23.1 Å². The Bertz CT molecular complexity index is 492. The maximum Gasteiger partial charge on any atom is 0.276 e. The number of halogens is 2. The predicted molar refractivity (Wildman–Crippen MR) is 75.4 cm³/mol.